The summed E-state index contributed by atoms with van der Waals surface area (Å²) in [6, 6.07) is 5.35. The number of rotatable bonds is 6. The van der Waals surface area contributed by atoms with Gasteiger partial charge in [-0.05, 0) is 24.6 Å². The maximum Gasteiger partial charge on any atom is 0.228 e. The van der Waals surface area contributed by atoms with Crippen LogP contribution in [0.2, 0.25) is 5.02 Å². The molecule has 0 aliphatic carbocycles. The van der Waals surface area contributed by atoms with E-state index in [-0.39, 0.29) is 0 Å². The van der Waals surface area contributed by atoms with Gasteiger partial charge in [-0.1, -0.05) is 23.7 Å². The van der Waals surface area contributed by atoms with Crippen LogP contribution in [0.25, 0.3) is 11.4 Å². The van der Waals surface area contributed by atoms with Crippen molar-refractivity contribution in [2.24, 2.45) is 5.73 Å². The van der Waals surface area contributed by atoms with Gasteiger partial charge in [-0.2, -0.15) is 4.98 Å². The minimum atomic E-state index is 0.469. The Morgan fingerprint density at radius 2 is 2.26 bits per heavy atom. The van der Waals surface area contributed by atoms with Crippen molar-refractivity contribution in [1.29, 1.82) is 0 Å². The topological polar surface area (TPSA) is 74.2 Å². The van der Waals surface area contributed by atoms with Gasteiger partial charge in [0.1, 0.15) is 5.75 Å². The molecule has 1 heterocycles. The zero-order valence-corrected chi connectivity index (χ0v) is 11.5. The maximum atomic E-state index is 6.01. The molecule has 6 heteroatoms. The molecule has 0 atom stereocenters. The summed E-state index contributed by atoms with van der Waals surface area (Å²) in [6.07, 6.45) is 1.48. The zero-order valence-electron chi connectivity index (χ0n) is 10.7. The minimum absolute atomic E-state index is 0.469. The van der Waals surface area contributed by atoms with Crippen molar-refractivity contribution in [2.45, 2.75) is 19.8 Å². The van der Waals surface area contributed by atoms with Gasteiger partial charge < -0.3 is 15.0 Å². The van der Waals surface area contributed by atoms with Crippen molar-refractivity contribution in [1.82, 2.24) is 10.1 Å². The third kappa shape index (κ3) is 3.45. The molecule has 0 bridgehead atoms. The minimum Gasteiger partial charge on any atom is -0.493 e. The summed E-state index contributed by atoms with van der Waals surface area (Å²) in [5.41, 5.74) is 6.18. The van der Waals surface area contributed by atoms with E-state index in [1.165, 1.54) is 0 Å². The van der Waals surface area contributed by atoms with E-state index >= 15 is 0 Å². The molecule has 0 saturated carbocycles. The molecule has 2 N–H and O–H groups in total. The lowest BCUT2D eigenvalue weighted by molar-refractivity contribution is 0.318. The molecule has 0 aliphatic rings. The number of nitrogens with zero attached hydrogens (tertiary/aromatic N) is 2. The number of aromatic nitrogens is 2. The number of halogens is 1. The fourth-order valence-corrected chi connectivity index (χ4v) is 1.78. The van der Waals surface area contributed by atoms with Crippen LogP contribution in [-0.2, 0) is 6.42 Å². The first-order valence-electron chi connectivity index (χ1n) is 6.20. The lowest BCUT2D eigenvalue weighted by atomic mass is 10.2. The van der Waals surface area contributed by atoms with Crippen LogP contribution >= 0.6 is 11.6 Å². The normalized spacial score (nSPS) is 10.7. The average molecular weight is 282 g/mol. The molecule has 1 aromatic carbocycles. The highest BCUT2D eigenvalue weighted by molar-refractivity contribution is 6.30. The number of hydrogen-bond donors (Lipinski definition) is 1. The van der Waals surface area contributed by atoms with Crippen molar-refractivity contribution in [3.8, 4) is 17.1 Å². The van der Waals surface area contributed by atoms with Crippen molar-refractivity contribution < 1.29 is 9.26 Å². The Morgan fingerprint density at radius 3 is 3.00 bits per heavy atom. The molecule has 0 radical (unpaired) electrons. The second kappa shape index (κ2) is 6.54. The molecule has 19 heavy (non-hydrogen) atoms. The number of benzene rings is 1. The maximum absolute atomic E-state index is 6.01. The molecule has 102 valence electrons. The summed E-state index contributed by atoms with van der Waals surface area (Å²) in [5, 5.41) is 4.54. The molecule has 0 spiro atoms. The fourth-order valence-electron chi connectivity index (χ4n) is 1.60. The summed E-state index contributed by atoms with van der Waals surface area (Å²) in [6.45, 7) is 3.14. The predicted octanol–water partition coefficient (Wildman–Crippen LogP) is 2.68. The van der Waals surface area contributed by atoms with E-state index in [0.717, 1.165) is 12.0 Å². The molecule has 0 fully saturated rings. The van der Waals surface area contributed by atoms with E-state index in [9.17, 15) is 0 Å². The van der Waals surface area contributed by atoms with Crippen LogP contribution < -0.4 is 10.5 Å². The number of ether oxygens (including phenoxy) is 1. The highest BCUT2D eigenvalue weighted by Crippen LogP contribution is 2.31. The second-order valence-electron chi connectivity index (χ2n) is 4.04. The van der Waals surface area contributed by atoms with Gasteiger partial charge in [0.2, 0.25) is 11.7 Å². The first kappa shape index (κ1) is 13.8. The number of nitrogens with two attached hydrogens (primary N) is 1. The van der Waals surface area contributed by atoms with Crippen molar-refractivity contribution in [3.63, 3.8) is 0 Å². The third-order valence-electron chi connectivity index (χ3n) is 2.47. The van der Waals surface area contributed by atoms with Gasteiger partial charge in [0.25, 0.3) is 0 Å². The predicted molar refractivity (Wildman–Crippen MR) is 73.3 cm³/mol. The van der Waals surface area contributed by atoms with Crippen LogP contribution in [-0.4, -0.2) is 23.3 Å². The van der Waals surface area contributed by atoms with E-state index in [2.05, 4.69) is 10.1 Å². The van der Waals surface area contributed by atoms with Gasteiger partial charge in [-0.3, -0.25) is 0 Å². The van der Waals surface area contributed by atoms with Gasteiger partial charge in [-0.25, -0.2) is 0 Å². The van der Waals surface area contributed by atoms with Gasteiger partial charge in [0.15, 0.2) is 0 Å². The highest BCUT2D eigenvalue weighted by atomic mass is 35.5. The summed E-state index contributed by atoms with van der Waals surface area (Å²) < 4.78 is 10.8. The molecule has 0 aliphatic heterocycles. The van der Waals surface area contributed by atoms with Crippen LogP contribution in [0.4, 0.5) is 0 Å². The van der Waals surface area contributed by atoms with Gasteiger partial charge >= 0.3 is 0 Å². The Hall–Kier alpha value is -1.59. The van der Waals surface area contributed by atoms with Gasteiger partial charge in [-0.15, -0.1) is 0 Å². The Balaban J connectivity index is 2.32. The largest absolute Gasteiger partial charge is 0.493 e. The first-order chi connectivity index (χ1) is 9.24. The van der Waals surface area contributed by atoms with Crippen LogP contribution in [0.1, 0.15) is 19.2 Å². The molecular formula is C13H16ClN3O2. The Labute approximate surface area is 116 Å². The molecular weight excluding hydrogens is 266 g/mol. The van der Waals surface area contributed by atoms with Gasteiger partial charge in [0, 0.05) is 18.0 Å². The zero-order chi connectivity index (χ0) is 13.7. The van der Waals surface area contributed by atoms with Crippen LogP contribution in [0, 0.1) is 0 Å². The Bertz CT molecular complexity index is 542. The van der Waals surface area contributed by atoms with E-state index in [1.807, 2.05) is 13.0 Å². The molecule has 0 amide bonds. The lowest BCUT2D eigenvalue weighted by Crippen LogP contribution is -2.02. The molecule has 5 nitrogen and oxygen atoms in total. The van der Waals surface area contributed by atoms with Crippen molar-refractivity contribution in [3.05, 3.63) is 29.1 Å². The third-order valence-corrected chi connectivity index (χ3v) is 2.71. The summed E-state index contributed by atoms with van der Waals surface area (Å²) >= 11 is 6.01. The summed E-state index contributed by atoms with van der Waals surface area (Å²) in [5.74, 6) is 1.68. The van der Waals surface area contributed by atoms with E-state index in [1.54, 1.807) is 12.1 Å². The van der Waals surface area contributed by atoms with E-state index in [0.29, 0.717) is 42.1 Å². The molecule has 0 saturated heterocycles. The first-order valence-corrected chi connectivity index (χ1v) is 6.57. The van der Waals surface area contributed by atoms with Crippen molar-refractivity contribution in [2.75, 3.05) is 13.2 Å². The Morgan fingerprint density at radius 1 is 1.42 bits per heavy atom. The smallest absolute Gasteiger partial charge is 0.228 e. The fraction of sp³-hybridized carbons (Fsp3) is 0.385. The highest BCUT2D eigenvalue weighted by Gasteiger charge is 2.14. The van der Waals surface area contributed by atoms with Crippen LogP contribution in [0.15, 0.2) is 22.7 Å². The quantitative estimate of drug-likeness (QED) is 0.881. The van der Waals surface area contributed by atoms with Gasteiger partial charge in [0.05, 0.1) is 12.2 Å². The van der Waals surface area contributed by atoms with Crippen LogP contribution in [0.3, 0.4) is 0 Å². The molecule has 0 unspecified atom stereocenters. The summed E-state index contributed by atoms with van der Waals surface area (Å²) in [4.78, 5) is 4.28. The monoisotopic (exact) mass is 281 g/mol. The van der Waals surface area contributed by atoms with Crippen molar-refractivity contribution >= 4 is 11.6 Å². The van der Waals surface area contributed by atoms with E-state index < -0.39 is 0 Å². The molecule has 1 aromatic heterocycles. The molecule has 2 aromatic rings. The Kier molecular flexibility index (Phi) is 4.76. The van der Waals surface area contributed by atoms with Crippen LogP contribution in [0.5, 0.6) is 5.75 Å². The second-order valence-corrected chi connectivity index (χ2v) is 4.48. The SMILES string of the molecule is CCCOc1ccc(Cl)cc1-c1noc(CCN)n1. The van der Waals surface area contributed by atoms with E-state index in [4.69, 9.17) is 26.6 Å². The average Bonchev–Trinajstić information content (AvgIpc) is 2.86. The lowest BCUT2D eigenvalue weighted by Gasteiger charge is -2.08. The standard InChI is InChI=1S/C13H16ClN3O2/c1-2-7-18-11-4-3-9(14)8-10(11)13-16-12(5-6-15)19-17-13/h3-4,8H,2,5-7,15H2,1H3. The summed E-state index contributed by atoms with van der Waals surface area (Å²) in [7, 11) is 0. The molecule has 2 rings (SSSR count). The number of hydrogen-bond acceptors (Lipinski definition) is 5.